The molecule has 0 radical (unpaired) electrons. The molecule has 92 valence electrons. The molecule has 0 heterocycles. The summed E-state index contributed by atoms with van der Waals surface area (Å²) < 4.78 is 0.693. The van der Waals surface area contributed by atoms with Gasteiger partial charge in [0, 0.05) is 15.1 Å². The summed E-state index contributed by atoms with van der Waals surface area (Å²) in [6.07, 6.45) is 0. The van der Waals surface area contributed by atoms with Gasteiger partial charge in [0.2, 0.25) is 0 Å². The molecule has 0 aromatic heterocycles. The van der Waals surface area contributed by atoms with E-state index in [-0.39, 0.29) is 5.78 Å². The summed E-state index contributed by atoms with van der Waals surface area (Å²) in [6, 6.07) is 14.3. The molecule has 0 N–H and O–H groups in total. The SMILES string of the molecule is O=C(c1cc(Cl)ccc1Br)C(Cl)c1ccccc1. The molecule has 1 unspecified atom stereocenters. The van der Waals surface area contributed by atoms with E-state index < -0.39 is 5.38 Å². The molecule has 0 saturated heterocycles. The van der Waals surface area contributed by atoms with Crippen LogP contribution < -0.4 is 0 Å². The third kappa shape index (κ3) is 2.94. The summed E-state index contributed by atoms with van der Waals surface area (Å²) in [6.45, 7) is 0. The number of ketones is 1. The first-order valence-corrected chi connectivity index (χ1v) is 6.88. The number of Topliss-reactive ketones (excluding diaryl/α,β-unsaturated/α-hetero) is 1. The molecular weight excluding hydrogens is 335 g/mol. The molecule has 2 aromatic carbocycles. The minimum absolute atomic E-state index is 0.169. The maximum Gasteiger partial charge on any atom is 0.186 e. The van der Waals surface area contributed by atoms with E-state index in [9.17, 15) is 4.79 Å². The summed E-state index contributed by atoms with van der Waals surface area (Å²) in [4.78, 5) is 12.3. The largest absolute Gasteiger partial charge is 0.292 e. The lowest BCUT2D eigenvalue weighted by Crippen LogP contribution is -2.08. The van der Waals surface area contributed by atoms with Gasteiger partial charge in [-0.25, -0.2) is 0 Å². The molecule has 2 rings (SSSR count). The molecular formula is C14H9BrCl2O. The second kappa shape index (κ2) is 5.87. The number of rotatable bonds is 3. The Morgan fingerprint density at radius 2 is 1.78 bits per heavy atom. The van der Waals surface area contributed by atoms with Crippen LogP contribution in [0, 0.1) is 0 Å². The summed E-state index contributed by atoms with van der Waals surface area (Å²) in [5.41, 5.74) is 1.27. The average molecular weight is 344 g/mol. The van der Waals surface area contributed by atoms with Gasteiger partial charge in [-0.1, -0.05) is 57.9 Å². The van der Waals surface area contributed by atoms with Crippen molar-refractivity contribution in [3.8, 4) is 0 Å². The third-order valence-corrected chi connectivity index (χ3v) is 3.89. The highest BCUT2D eigenvalue weighted by Gasteiger charge is 2.21. The fraction of sp³-hybridized carbons (Fsp3) is 0.0714. The molecule has 0 spiro atoms. The van der Waals surface area contributed by atoms with Gasteiger partial charge in [0.25, 0.3) is 0 Å². The number of carbonyl (C=O) groups excluding carboxylic acids is 1. The van der Waals surface area contributed by atoms with Crippen LogP contribution in [0.4, 0.5) is 0 Å². The van der Waals surface area contributed by atoms with Crippen molar-refractivity contribution < 1.29 is 4.79 Å². The molecule has 1 nitrogen and oxygen atoms in total. The number of hydrogen-bond acceptors (Lipinski definition) is 1. The normalized spacial score (nSPS) is 12.2. The second-order valence-corrected chi connectivity index (χ2v) is 5.49. The van der Waals surface area contributed by atoms with Gasteiger partial charge in [-0.05, 0) is 23.8 Å². The summed E-state index contributed by atoms with van der Waals surface area (Å²) in [7, 11) is 0. The Morgan fingerprint density at radius 3 is 2.44 bits per heavy atom. The Kier molecular flexibility index (Phi) is 4.44. The molecule has 18 heavy (non-hydrogen) atoms. The average Bonchev–Trinajstić information content (AvgIpc) is 2.41. The zero-order chi connectivity index (χ0) is 13.1. The van der Waals surface area contributed by atoms with Gasteiger partial charge in [-0.15, -0.1) is 11.6 Å². The van der Waals surface area contributed by atoms with E-state index in [1.165, 1.54) is 0 Å². The Balaban J connectivity index is 2.34. The van der Waals surface area contributed by atoms with Gasteiger partial charge in [-0.2, -0.15) is 0 Å². The van der Waals surface area contributed by atoms with Crippen molar-refractivity contribution in [3.63, 3.8) is 0 Å². The monoisotopic (exact) mass is 342 g/mol. The fourth-order valence-electron chi connectivity index (χ4n) is 1.60. The Morgan fingerprint density at radius 1 is 1.11 bits per heavy atom. The van der Waals surface area contributed by atoms with Crippen LogP contribution in [-0.4, -0.2) is 5.78 Å². The Hall–Kier alpha value is -0.830. The van der Waals surface area contributed by atoms with E-state index in [1.54, 1.807) is 18.2 Å². The van der Waals surface area contributed by atoms with Crippen LogP contribution in [0.25, 0.3) is 0 Å². The maximum absolute atomic E-state index is 12.3. The van der Waals surface area contributed by atoms with Gasteiger partial charge >= 0.3 is 0 Å². The lowest BCUT2D eigenvalue weighted by molar-refractivity contribution is 0.0986. The van der Waals surface area contributed by atoms with Crippen LogP contribution in [0.2, 0.25) is 5.02 Å². The summed E-state index contributed by atoms with van der Waals surface area (Å²) in [5, 5.41) is -0.195. The summed E-state index contributed by atoms with van der Waals surface area (Å²) >= 11 is 15.4. The Labute approximate surface area is 124 Å². The first kappa shape index (κ1) is 13.6. The number of carbonyl (C=O) groups is 1. The van der Waals surface area contributed by atoms with Crippen molar-refractivity contribution in [1.29, 1.82) is 0 Å². The molecule has 0 fully saturated rings. The van der Waals surface area contributed by atoms with E-state index >= 15 is 0 Å². The number of alkyl halides is 1. The van der Waals surface area contributed by atoms with E-state index in [4.69, 9.17) is 23.2 Å². The predicted molar refractivity (Wildman–Crippen MR) is 78.5 cm³/mol. The van der Waals surface area contributed by atoms with Gasteiger partial charge in [-0.3, -0.25) is 4.79 Å². The lowest BCUT2D eigenvalue weighted by Gasteiger charge is -2.10. The van der Waals surface area contributed by atoms with Crippen molar-refractivity contribution in [1.82, 2.24) is 0 Å². The molecule has 0 aliphatic carbocycles. The van der Waals surface area contributed by atoms with Crippen molar-refractivity contribution in [2.45, 2.75) is 5.38 Å². The van der Waals surface area contributed by atoms with Crippen LogP contribution in [0.1, 0.15) is 21.3 Å². The minimum Gasteiger partial charge on any atom is -0.292 e. The van der Waals surface area contributed by atoms with E-state index in [0.717, 1.165) is 5.56 Å². The molecule has 0 saturated carbocycles. The predicted octanol–water partition coefficient (Wildman–Crippen LogP) is 5.27. The molecule has 1 atom stereocenters. The van der Waals surface area contributed by atoms with Gasteiger partial charge in [0.05, 0.1) is 0 Å². The first-order chi connectivity index (χ1) is 8.59. The minimum atomic E-state index is -0.707. The number of benzene rings is 2. The molecule has 2 aromatic rings. The Bertz CT molecular complexity index is 569. The maximum atomic E-state index is 12.3. The quantitative estimate of drug-likeness (QED) is 0.548. The zero-order valence-electron chi connectivity index (χ0n) is 9.24. The van der Waals surface area contributed by atoms with Crippen LogP contribution in [-0.2, 0) is 0 Å². The zero-order valence-corrected chi connectivity index (χ0v) is 12.3. The van der Waals surface area contributed by atoms with Crippen molar-refractivity contribution in [3.05, 3.63) is 69.2 Å². The highest BCUT2D eigenvalue weighted by molar-refractivity contribution is 9.10. The smallest absolute Gasteiger partial charge is 0.186 e. The van der Waals surface area contributed by atoms with Crippen LogP contribution in [0.15, 0.2) is 53.0 Å². The van der Waals surface area contributed by atoms with E-state index in [1.807, 2.05) is 30.3 Å². The first-order valence-electron chi connectivity index (χ1n) is 5.28. The molecule has 0 bridgehead atoms. The third-order valence-electron chi connectivity index (χ3n) is 2.52. The number of hydrogen-bond donors (Lipinski definition) is 0. The van der Waals surface area contributed by atoms with Crippen LogP contribution >= 0.6 is 39.1 Å². The van der Waals surface area contributed by atoms with Gasteiger partial charge < -0.3 is 0 Å². The molecule has 0 aliphatic rings. The fourth-order valence-corrected chi connectivity index (χ4v) is 2.47. The second-order valence-electron chi connectivity index (χ2n) is 3.76. The summed E-state index contributed by atoms with van der Waals surface area (Å²) in [5.74, 6) is -0.169. The van der Waals surface area contributed by atoms with Gasteiger partial charge in [0.15, 0.2) is 5.78 Å². The lowest BCUT2D eigenvalue weighted by atomic mass is 10.0. The molecule has 0 aliphatic heterocycles. The van der Waals surface area contributed by atoms with Crippen LogP contribution in [0.3, 0.4) is 0 Å². The highest BCUT2D eigenvalue weighted by atomic mass is 79.9. The van der Waals surface area contributed by atoms with Crippen molar-refractivity contribution in [2.75, 3.05) is 0 Å². The van der Waals surface area contributed by atoms with Crippen molar-refractivity contribution >= 4 is 44.9 Å². The van der Waals surface area contributed by atoms with E-state index in [0.29, 0.717) is 15.1 Å². The molecule has 4 heteroatoms. The van der Waals surface area contributed by atoms with Crippen molar-refractivity contribution in [2.24, 2.45) is 0 Å². The van der Waals surface area contributed by atoms with E-state index in [2.05, 4.69) is 15.9 Å². The standard InChI is InChI=1S/C14H9BrCl2O/c15-12-7-6-10(16)8-11(12)14(18)13(17)9-4-2-1-3-5-9/h1-8,13H. The number of halogens is 3. The highest BCUT2D eigenvalue weighted by Crippen LogP contribution is 2.30. The van der Waals surface area contributed by atoms with Crippen LogP contribution in [0.5, 0.6) is 0 Å². The topological polar surface area (TPSA) is 17.1 Å². The molecule has 0 amide bonds. The van der Waals surface area contributed by atoms with Gasteiger partial charge in [0.1, 0.15) is 5.38 Å².